The number of carbonyl (C=O) groups excluding carboxylic acids is 2. The molecule has 2 aromatic carbocycles. The van der Waals surface area contributed by atoms with Gasteiger partial charge in [-0.1, -0.05) is 11.8 Å². The summed E-state index contributed by atoms with van der Waals surface area (Å²) in [6.07, 6.45) is 0. The van der Waals surface area contributed by atoms with Crippen LogP contribution in [-0.2, 0) is 0 Å². The van der Waals surface area contributed by atoms with E-state index in [-0.39, 0.29) is 22.3 Å². The highest BCUT2D eigenvalue weighted by Gasteiger charge is 2.17. The van der Waals surface area contributed by atoms with Crippen molar-refractivity contribution >= 4 is 23.8 Å². The van der Waals surface area contributed by atoms with Gasteiger partial charge in [-0.3, -0.25) is 9.59 Å². The zero-order valence-corrected chi connectivity index (χ0v) is 15.0. The fourth-order valence-corrected chi connectivity index (χ4v) is 2.41. The molecule has 28 heavy (non-hydrogen) atoms. The van der Waals surface area contributed by atoms with Crippen LogP contribution in [0.4, 0.5) is 0 Å². The van der Waals surface area contributed by atoms with Crippen LogP contribution in [0.5, 0.6) is 0 Å². The highest BCUT2D eigenvalue weighted by Crippen LogP contribution is 2.14. The first kappa shape index (κ1) is 20.2. The maximum absolute atomic E-state index is 11.9. The van der Waals surface area contributed by atoms with Gasteiger partial charge in [0, 0.05) is 25.2 Å². The molecule has 8 nitrogen and oxygen atoms in total. The molecule has 0 fully saturated rings. The third-order valence-corrected chi connectivity index (χ3v) is 3.79. The van der Waals surface area contributed by atoms with E-state index in [1.165, 1.54) is 50.5 Å². The number of amides is 2. The van der Waals surface area contributed by atoms with Gasteiger partial charge < -0.3 is 20.8 Å². The topological polar surface area (TPSA) is 133 Å². The van der Waals surface area contributed by atoms with Gasteiger partial charge in [-0.05, 0) is 36.4 Å². The Kier molecular flexibility index (Phi) is 6.14. The quantitative estimate of drug-likeness (QED) is 0.589. The van der Waals surface area contributed by atoms with Crippen LogP contribution < -0.4 is 10.6 Å². The molecule has 8 heteroatoms. The van der Waals surface area contributed by atoms with E-state index in [0.29, 0.717) is 11.1 Å². The highest BCUT2D eigenvalue weighted by molar-refractivity contribution is 6.05. The number of hydrogen-bond acceptors (Lipinski definition) is 4. The highest BCUT2D eigenvalue weighted by atomic mass is 16.4. The Hall–Kier alpha value is -4.12. The average Bonchev–Trinajstić information content (AvgIpc) is 2.70. The Morgan fingerprint density at radius 1 is 0.679 bits per heavy atom. The summed E-state index contributed by atoms with van der Waals surface area (Å²) in [5.74, 6) is 1.90. The Morgan fingerprint density at radius 3 is 1.57 bits per heavy atom. The van der Waals surface area contributed by atoms with Crippen molar-refractivity contribution in [3.63, 3.8) is 0 Å². The Labute approximate surface area is 160 Å². The van der Waals surface area contributed by atoms with Crippen molar-refractivity contribution in [2.75, 3.05) is 14.1 Å². The van der Waals surface area contributed by atoms with E-state index in [1.54, 1.807) is 0 Å². The van der Waals surface area contributed by atoms with Crippen LogP contribution >= 0.6 is 0 Å². The molecule has 142 valence electrons. The van der Waals surface area contributed by atoms with E-state index in [4.69, 9.17) is 0 Å². The van der Waals surface area contributed by atoms with Gasteiger partial charge in [0.2, 0.25) is 0 Å². The van der Waals surface area contributed by atoms with E-state index in [9.17, 15) is 29.4 Å². The van der Waals surface area contributed by atoms with Gasteiger partial charge in [-0.2, -0.15) is 0 Å². The van der Waals surface area contributed by atoms with Gasteiger partial charge in [0.05, 0.1) is 22.3 Å². The van der Waals surface area contributed by atoms with E-state index < -0.39 is 23.8 Å². The molecule has 0 heterocycles. The fraction of sp³-hybridized carbons (Fsp3) is 0.100. The van der Waals surface area contributed by atoms with Crippen molar-refractivity contribution in [1.29, 1.82) is 0 Å². The second-order valence-electron chi connectivity index (χ2n) is 5.54. The lowest BCUT2D eigenvalue weighted by Crippen LogP contribution is -2.21. The fourth-order valence-electron chi connectivity index (χ4n) is 2.41. The van der Waals surface area contributed by atoms with E-state index >= 15 is 0 Å². The number of aromatic carboxylic acids is 2. The molecule has 0 atom stereocenters. The van der Waals surface area contributed by atoms with Crippen LogP contribution in [-0.4, -0.2) is 48.1 Å². The lowest BCUT2D eigenvalue weighted by Gasteiger charge is -2.06. The van der Waals surface area contributed by atoms with Crippen LogP contribution in [0.15, 0.2) is 36.4 Å². The van der Waals surface area contributed by atoms with Crippen LogP contribution in [0.3, 0.4) is 0 Å². The molecule has 0 saturated heterocycles. The molecular weight excluding hydrogens is 364 g/mol. The van der Waals surface area contributed by atoms with Crippen LogP contribution in [0.1, 0.15) is 52.6 Å². The molecule has 0 aromatic heterocycles. The van der Waals surface area contributed by atoms with Gasteiger partial charge in [-0.25, -0.2) is 9.59 Å². The zero-order chi connectivity index (χ0) is 20.8. The molecule has 0 unspecified atom stereocenters. The largest absolute Gasteiger partial charge is 0.478 e. The predicted octanol–water partition coefficient (Wildman–Crippen LogP) is 1.20. The molecule has 0 aliphatic heterocycles. The molecular formula is C20H16N2O6. The van der Waals surface area contributed by atoms with Crippen LogP contribution in [0.25, 0.3) is 0 Å². The average molecular weight is 380 g/mol. The number of carboxylic acid groups (broad SMARTS) is 2. The molecule has 2 aromatic rings. The summed E-state index contributed by atoms with van der Waals surface area (Å²) in [6.45, 7) is 0. The molecule has 0 radical (unpaired) electrons. The number of carbonyl (C=O) groups is 4. The van der Waals surface area contributed by atoms with E-state index in [0.717, 1.165) is 0 Å². The standard InChI is InChI=1S/C20H16N2O6/c1-21-17(23)13-7-5-12(10-16(13)20(27)28)4-3-11-6-8-14(19(25)26)15(9-11)18(24)22-2/h5-10H,1-2H3,(H,21,23)(H,22,24)(H,25,26)(H,27,28). The second-order valence-corrected chi connectivity index (χ2v) is 5.54. The minimum absolute atomic E-state index is 0.00765. The monoisotopic (exact) mass is 380 g/mol. The van der Waals surface area contributed by atoms with Gasteiger partial charge in [0.25, 0.3) is 11.8 Å². The van der Waals surface area contributed by atoms with Crippen molar-refractivity contribution in [3.05, 3.63) is 69.8 Å². The van der Waals surface area contributed by atoms with Crippen molar-refractivity contribution < 1.29 is 29.4 Å². The first-order valence-corrected chi connectivity index (χ1v) is 7.99. The number of carboxylic acids is 2. The number of hydrogen-bond donors (Lipinski definition) is 4. The zero-order valence-electron chi connectivity index (χ0n) is 15.0. The Balaban J connectivity index is 2.47. The maximum atomic E-state index is 11.9. The third kappa shape index (κ3) is 4.34. The van der Waals surface area contributed by atoms with Crippen LogP contribution in [0, 0.1) is 11.8 Å². The summed E-state index contributed by atoms with van der Waals surface area (Å²) >= 11 is 0. The minimum Gasteiger partial charge on any atom is -0.478 e. The lowest BCUT2D eigenvalue weighted by molar-refractivity contribution is 0.0682. The Bertz CT molecular complexity index is 1050. The SMILES string of the molecule is CNC(=O)c1ccc(C#Cc2ccc(C(=O)O)c(C(=O)NC)c2)cc1C(=O)O. The second kappa shape index (κ2) is 8.51. The number of rotatable bonds is 4. The maximum Gasteiger partial charge on any atom is 0.336 e. The summed E-state index contributed by atoms with van der Waals surface area (Å²) in [4.78, 5) is 46.3. The van der Waals surface area contributed by atoms with Gasteiger partial charge in [0.1, 0.15) is 0 Å². The summed E-state index contributed by atoms with van der Waals surface area (Å²) in [5, 5.41) is 23.2. The normalized spacial score (nSPS) is 9.64. The summed E-state index contributed by atoms with van der Waals surface area (Å²) in [6, 6.07) is 8.18. The molecule has 2 amide bonds. The number of benzene rings is 2. The molecule has 2 rings (SSSR count). The summed E-state index contributed by atoms with van der Waals surface area (Å²) in [7, 11) is 2.78. The van der Waals surface area contributed by atoms with Gasteiger partial charge in [-0.15, -0.1) is 0 Å². The molecule has 0 spiro atoms. The smallest absolute Gasteiger partial charge is 0.336 e. The van der Waals surface area contributed by atoms with Crippen molar-refractivity contribution in [1.82, 2.24) is 10.6 Å². The van der Waals surface area contributed by atoms with Crippen LogP contribution in [0.2, 0.25) is 0 Å². The van der Waals surface area contributed by atoms with Crippen molar-refractivity contribution in [3.8, 4) is 11.8 Å². The summed E-state index contributed by atoms with van der Waals surface area (Å²) < 4.78 is 0. The number of nitrogens with one attached hydrogen (secondary N) is 2. The third-order valence-electron chi connectivity index (χ3n) is 3.79. The van der Waals surface area contributed by atoms with Gasteiger partial charge in [0.15, 0.2) is 0 Å². The predicted molar refractivity (Wildman–Crippen MR) is 99.6 cm³/mol. The molecule has 0 aliphatic rings. The molecule has 0 saturated carbocycles. The lowest BCUT2D eigenvalue weighted by atomic mass is 10.0. The minimum atomic E-state index is -1.27. The molecule has 0 aliphatic carbocycles. The van der Waals surface area contributed by atoms with E-state index in [1.807, 2.05) is 0 Å². The molecule has 0 bridgehead atoms. The van der Waals surface area contributed by atoms with Crippen molar-refractivity contribution in [2.24, 2.45) is 0 Å². The first-order valence-electron chi connectivity index (χ1n) is 7.99. The first-order chi connectivity index (χ1) is 13.3. The molecule has 4 N–H and O–H groups in total. The van der Waals surface area contributed by atoms with Gasteiger partial charge >= 0.3 is 11.9 Å². The van der Waals surface area contributed by atoms with E-state index in [2.05, 4.69) is 22.5 Å². The summed E-state index contributed by atoms with van der Waals surface area (Å²) in [5.41, 5.74) is 0.326. The van der Waals surface area contributed by atoms with Crippen molar-refractivity contribution in [2.45, 2.75) is 0 Å². The Morgan fingerprint density at radius 2 is 1.11 bits per heavy atom.